The lowest BCUT2D eigenvalue weighted by atomic mass is 10.1. The van der Waals surface area contributed by atoms with Gasteiger partial charge in [0.05, 0.1) is 5.69 Å². The van der Waals surface area contributed by atoms with Crippen molar-refractivity contribution in [3.63, 3.8) is 0 Å². The van der Waals surface area contributed by atoms with Gasteiger partial charge in [-0.3, -0.25) is 0 Å². The van der Waals surface area contributed by atoms with Gasteiger partial charge in [0.1, 0.15) is 0 Å². The predicted molar refractivity (Wildman–Crippen MR) is 80.7 cm³/mol. The monoisotopic (exact) mass is 360 g/mol. The number of nitrogens with one attached hydrogen (secondary N) is 1. The van der Waals surface area contributed by atoms with Gasteiger partial charge >= 0.3 is 0 Å². The fourth-order valence-corrected chi connectivity index (χ4v) is 3.98. The van der Waals surface area contributed by atoms with Gasteiger partial charge in [-0.2, -0.15) is 0 Å². The summed E-state index contributed by atoms with van der Waals surface area (Å²) in [6.45, 7) is 5.49. The van der Waals surface area contributed by atoms with Crippen molar-refractivity contribution in [2.45, 2.75) is 32.4 Å². The molecule has 0 spiro atoms. The quantitative estimate of drug-likeness (QED) is 0.855. The second-order valence-corrected chi connectivity index (χ2v) is 6.68. The fraction of sp³-hybridized carbons (Fsp3) is 0.538. The predicted octanol–water partition coefficient (Wildman–Crippen LogP) is 4.02. The number of hydrogen-bond donors (Lipinski definition) is 1. The third-order valence-electron chi connectivity index (χ3n) is 3.42. The number of likely N-dealkylation sites (tertiary alicyclic amines) is 1. The number of rotatable bonds is 2. The average molecular weight is 362 g/mol. The molecule has 2 atom stereocenters. The molecule has 2 unspecified atom stereocenters. The molecule has 0 bridgehead atoms. The molecule has 1 N–H and O–H groups in total. The molecular weight excluding hydrogens is 344 g/mol. The lowest BCUT2D eigenvalue weighted by Crippen LogP contribution is -2.25. The van der Waals surface area contributed by atoms with Crippen LogP contribution in [0.15, 0.2) is 21.1 Å². The number of hydrogen-bond acceptors (Lipinski definition) is 2. The standard InChI is InChI=1S/C13H18Br2N2/c1-8-4-11(14)13(12(15)5-8)16-10-6-9(2)17(3)7-10/h4-5,9-10,16H,6-7H2,1-3H3. The number of anilines is 1. The Bertz CT molecular complexity index is 387. The summed E-state index contributed by atoms with van der Waals surface area (Å²) in [6.07, 6.45) is 1.20. The number of benzene rings is 1. The van der Waals surface area contributed by atoms with Crippen LogP contribution >= 0.6 is 31.9 Å². The van der Waals surface area contributed by atoms with Crippen LogP contribution in [0.25, 0.3) is 0 Å². The van der Waals surface area contributed by atoms with Crippen molar-refractivity contribution in [2.75, 3.05) is 18.9 Å². The van der Waals surface area contributed by atoms with E-state index < -0.39 is 0 Å². The van der Waals surface area contributed by atoms with Crippen LogP contribution in [0, 0.1) is 6.92 Å². The summed E-state index contributed by atoms with van der Waals surface area (Å²) < 4.78 is 2.26. The van der Waals surface area contributed by atoms with Gasteiger partial charge in [-0.25, -0.2) is 0 Å². The fourth-order valence-electron chi connectivity index (χ4n) is 2.34. The van der Waals surface area contributed by atoms with Crippen molar-refractivity contribution in [1.29, 1.82) is 0 Å². The summed E-state index contributed by atoms with van der Waals surface area (Å²) >= 11 is 7.26. The normalized spacial score (nSPS) is 25.2. The molecule has 1 aliphatic heterocycles. The van der Waals surface area contributed by atoms with Crippen LogP contribution in [0.3, 0.4) is 0 Å². The van der Waals surface area contributed by atoms with Gasteiger partial charge in [0.25, 0.3) is 0 Å². The van der Waals surface area contributed by atoms with Crippen molar-refractivity contribution in [3.05, 3.63) is 26.6 Å². The number of likely N-dealkylation sites (N-methyl/N-ethyl adjacent to an activating group) is 1. The molecule has 2 nitrogen and oxygen atoms in total. The molecule has 4 heteroatoms. The van der Waals surface area contributed by atoms with Crippen LogP contribution in [-0.4, -0.2) is 30.6 Å². The van der Waals surface area contributed by atoms with E-state index in [0.29, 0.717) is 12.1 Å². The molecular formula is C13H18Br2N2. The minimum atomic E-state index is 0.533. The maximum Gasteiger partial charge on any atom is 0.0631 e. The summed E-state index contributed by atoms with van der Waals surface area (Å²) in [5.74, 6) is 0. The number of nitrogens with zero attached hydrogens (tertiary/aromatic N) is 1. The Hall–Kier alpha value is -0.0600. The molecule has 0 saturated carbocycles. The van der Waals surface area contributed by atoms with Crippen LogP contribution in [0.4, 0.5) is 5.69 Å². The highest BCUT2D eigenvalue weighted by Crippen LogP contribution is 2.34. The molecule has 94 valence electrons. The van der Waals surface area contributed by atoms with E-state index in [9.17, 15) is 0 Å². The van der Waals surface area contributed by atoms with E-state index >= 15 is 0 Å². The van der Waals surface area contributed by atoms with Crippen molar-refractivity contribution in [1.82, 2.24) is 4.90 Å². The molecule has 0 amide bonds. The van der Waals surface area contributed by atoms with E-state index in [0.717, 1.165) is 15.5 Å². The first-order valence-corrected chi connectivity index (χ1v) is 7.48. The van der Waals surface area contributed by atoms with Crippen molar-refractivity contribution >= 4 is 37.5 Å². The van der Waals surface area contributed by atoms with Gasteiger partial charge in [0.15, 0.2) is 0 Å². The first kappa shape index (κ1) is 13.4. The van der Waals surface area contributed by atoms with Gasteiger partial charge in [-0.15, -0.1) is 0 Å². The third-order valence-corrected chi connectivity index (χ3v) is 4.67. The first-order valence-electron chi connectivity index (χ1n) is 5.90. The van der Waals surface area contributed by atoms with Crippen LogP contribution < -0.4 is 5.32 Å². The second-order valence-electron chi connectivity index (χ2n) is 4.97. The molecule has 0 radical (unpaired) electrons. The van der Waals surface area contributed by atoms with Crippen LogP contribution in [-0.2, 0) is 0 Å². The van der Waals surface area contributed by atoms with E-state index in [-0.39, 0.29) is 0 Å². The SMILES string of the molecule is Cc1cc(Br)c(NC2CC(C)N(C)C2)c(Br)c1. The van der Waals surface area contributed by atoms with Gasteiger partial charge < -0.3 is 10.2 Å². The van der Waals surface area contributed by atoms with E-state index in [1.54, 1.807) is 0 Å². The number of halogens is 2. The minimum absolute atomic E-state index is 0.533. The molecule has 0 aliphatic carbocycles. The highest BCUT2D eigenvalue weighted by molar-refractivity contribution is 9.11. The maximum atomic E-state index is 3.63. The lowest BCUT2D eigenvalue weighted by Gasteiger charge is -2.17. The Kier molecular flexibility index (Phi) is 4.16. The van der Waals surface area contributed by atoms with Crippen molar-refractivity contribution < 1.29 is 0 Å². The van der Waals surface area contributed by atoms with E-state index in [1.165, 1.54) is 17.7 Å². The molecule has 1 aromatic carbocycles. The Morgan fingerprint density at radius 2 is 1.88 bits per heavy atom. The number of aryl methyl sites for hydroxylation is 1. The molecule has 2 rings (SSSR count). The van der Waals surface area contributed by atoms with Crippen LogP contribution in [0.2, 0.25) is 0 Å². The Morgan fingerprint density at radius 3 is 2.35 bits per heavy atom. The molecule has 1 aliphatic rings. The summed E-state index contributed by atoms with van der Waals surface area (Å²) in [5, 5.41) is 3.63. The summed E-state index contributed by atoms with van der Waals surface area (Å²) in [7, 11) is 2.19. The van der Waals surface area contributed by atoms with E-state index in [2.05, 4.69) is 75.1 Å². The topological polar surface area (TPSA) is 15.3 Å². The molecule has 1 aromatic rings. The largest absolute Gasteiger partial charge is 0.379 e. The second kappa shape index (κ2) is 5.29. The van der Waals surface area contributed by atoms with E-state index in [4.69, 9.17) is 0 Å². The first-order chi connectivity index (χ1) is 7.97. The molecule has 0 aromatic heterocycles. The van der Waals surface area contributed by atoms with E-state index in [1.807, 2.05) is 0 Å². The molecule has 1 heterocycles. The Morgan fingerprint density at radius 1 is 1.29 bits per heavy atom. The molecule has 1 fully saturated rings. The summed E-state index contributed by atoms with van der Waals surface area (Å²) in [4.78, 5) is 2.40. The Labute approximate surface area is 120 Å². The average Bonchev–Trinajstić information content (AvgIpc) is 2.52. The van der Waals surface area contributed by atoms with Crippen LogP contribution in [0.1, 0.15) is 18.9 Å². The van der Waals surface area contributed by atoms with Gasteiger partial charge in [0, 0.05) is 27.6 Å². The smallest absolute Gasteiger partial charge is 0.0631 e. The summed E-state index contributed by atoms with van der Waals surface area (Å²) in [6, 6.07) is 5.49. The molecule has 1 saturated heterocycles. The zero-order chi connectivity index (χ0) is 12.6. The van der Waals surface area contributed by atoms with Crippen LogP contribution in [0.5, 0.6) is 0 Å². The minimum Gasteiger partial charge on any atom is -0.379 e. The zero-order valence-corrected chi connectivity index (χ0v) is 13.6. The lowest BCUT2D eigenvalue weighted by molar-refractivity contribution is 0.330. The maximum absolute atomic E-state index is 3.63. The van der Waals surface area contributed by atoms with Crippen molar-refractivity contribution in [2.24, 2.45) is 0 Å². The van der Waals surface area contributed by atoms with Gasteiger partial charge in [0.2, 0.25) is 0 Å². The van der Waals surface area contributed by atoms with Gasteiger partial charge in [-0.05, 0) is 76.9 Å². The van der Waals surface area contributed by atoms with Crippen molar-refractivity contribution in [3.8, 4) is 0 Å². The highest BCUT2D eigenvalue weighted by atomic mass is 79.9. The summed E-state index contributed by atoms with van der Waals surface area (Å²) in [5.41, 5.74) is 2.43. The zero-order valence-electron chi connectivity index (χ0n) is 10.4. The Balaban J connectivity index is 2.14. The van der Waals surface area contributed by atoms with Gasteiger partial charge in [-0.1, -0.05) is 0 Å². The molecule has 17 heavy (non-hydrogen) atoms. The highest BCUT2D eigenvalue weighted by Gasteiger charge is 2.26. The third kappa shape index (κ3) is 3.04.